The van der Waals surface area contributed by atoms with Crippen LogP contribution in [0.3, 0.4) is 0 Å². The number of carbonyl (C=O) groups is 1. The summed E-state index contributed by atoms with van der Waals surface area (Å²) in [7, 11) is 3.15. The van der Waals surface area contributed by atoms with Gasteiger partial charge in [-0.3, -0.25) is 14.7 Å². The van der Waals surface area contributed by atoms with Crippen molar-refractivity contribution in [1.29, 1.82) is 0 Å². The molecule has 3 aromatic rings. The van der Waals surface area contributed by atoms with E-state index in [2.05, 4.69) is 31.2 Å². The highest BCUT2D eigenvalue weighted by Gasteiger charge is 2.43. The van der Waals surface area contributed by atoms with Gasteiger partial charge in [0, 0.05) is 6.42 Å². The predicted octanol–water partition coefficient (Wildman–Crippen LogP) is 5.24. The van der Waals surface area contributed by atoms with Gasteiger partial charge in [-0.15, -0.1) is 0 Å². The molecule has 5 nitrogen and oxygen atoms in total. The average molecular weight is 398 g/mol. The molecule has 0 fully saturated rings. The molecule has 3 aromatic carbocycles. The highest BCUT2D eigenvalue weighted by molar-refractivity contribution is 6.17. The van der Waals surface area contributed by atoms with Gasteiger partial charge in [0.25, 0.3) is 5.91 Å². The van der Waals surface area contributed by atoms with Gasteiger partial charge in [0.2, 0.25) is 0 Å². The Kier molecular flexibility index (Phi) is 4.31. The van der Waals surface area contributed by atoms with E-state index in [4.69, 9.17) is 14.5 Å². The maximum Gasteiger partial charge on any atom is 0.263 e. The lowest BCUT2D eigenvalue weighted by Crippen LogP contribution is -2.28. The number of methoxy groups -OCH3 is 2. The molecule has 2 aliphatic rings. The van der Waals surface area contributed by atoms with Gasteiger partial charge in [-0.1, -0.05) is 48.0 Å². The van der Waals surface area contributed by atoms with Crippen LogP contribution in [-0.2, 0) is 0 Å². The van der Waals surface area contributed by atoms with Gasteiger partial charge in [-0.25, -0.2) is 0 Å². The smallest absolute Gasteiger partial charge is 0.263 e. The Balaban J connectivity index is 1.72. The third-order valence-electron chi connectivity index (χ3n) is 5.85. The first kappa shape index (κ1) is 18.4. The number of ether oxygens (including phenoxy) is 2. The molecule has 30 heavy (non-hydrogen) atoms. The number of benzene rings is 3. The second-order valence-corrected chi connectivity index (χ2v) is 7.57. The van der Waals surface area contributed by atoms with Crippen LogP contribution in [-0.4, -0.2) is 25.8 Å². The molecular formula is C25H22N2O3. The average Bonchev–Trinajstić information content (AvgIpc) is 2.94. The van der Waals surface area contributed by atoms with Crippen LogP contribution < -0.4 is 14.4 Å². The van der Waals surface area contributed by atoms with E-state index >= 15 is 0 Å². The first-order chi connectivity index (χ1) is 14.6. The number of nitrogens with zero attached hydrogens (tertiary/aromatic N) is 2. The summed E-state index contributed by atoms with van der Waals surface area (Å²) in [6, 6.07) is 19.9. The van der Waals surface area contributed by atoms with Crippen LogP contribution in [0.4, 0.5) is 11.4 Å². The molecule has 0 saturated heterocycles. The number of aryl methyl sites for hydroxylation is 1. The Morgan fingerprint density at radius 1 is 0.967 bits per heavy atom. The van der Waals surface area contributed by atoms with Gasteiger partial charge >= 0.3 is 0 Å². The van der Waals surface area contributed by atoms with E-state index in [1.165, 1.54) is 5.56 Å². The van der Waals surface area contributed by atoms with Crippen molar-refractivity contribution in [1.82, 2.24) is 0 Å². The number of hydrogen-bond acceptors (Lipinski definition) is 4. The molecule has 0 saturated carbocycles. The van der Waals surface area contributed by atoms with Crippen LogP contribution in [0.2, 0.25) is 0 Å². The van der Waals surface area contributed by atoms with E-state index in [-0.39, 0.29) is 11.9 Å². The Bertz CT molecular complexity index is 1180. The molecule has 0 N–H and O–H groups in total. The minimum atomic E-state index is -0.156. The second kappa shape index (κ2) is 7.02. The zero-order valence-corrected chi connectivity index (χ0v) is 17.2. The van der Waals surface area contributed by atoms with E-state index in [1.54, 1.807) is 14.2 Å². The fourth-order valence-electron chi connectivity index (χ4n) is 4.39. The van der Waals surface area contributed by atoms with Crippen molar-refractivity contribution < 1.29 is 14.3 Å². The summed E-state index contributed by atoms with van der Waals surface area (Å²) in [5, 5.41) is 0. The molecule has 0 radical (unpaired) electrons. The molecule has 5 rings (SSSR count). The molecular weight excluding hydrogens is 376 g/mol. The molecule has 0 spiro atoms. The van der Waals surface area contributed by atoms with Crippen molar-refractivity contribution in [3.63, 3.8) is 0 Å². The monoisotopic (exact) mass is 398 g/mol. The summed E-state index contributed by atoms with van der Waals surface area (Å²) < 4.78 is 11.0. The maximum atomic E-state index is 13.6. The minimum absolute atomic E-state index is 0.0847. The SMILES string of the molecule is COc1ccc2c(c1OC)C(=O)N1c3ccccc3N=C(c3ccc(C)cc3)C[C@@H]21. The summed E-state index contributed by atoms with van der Waals surface area (Å²) in [6.45, 7) is 2.07. The number of amides is 1. The fourth-order valence-corrected chi connectivity index (χ4v) is 4.39. The van der Waals surface area contributed by atoms with Crippen LogP contribution in [0, 0.1) is 6.92 Å². The number of rotatable bonds is 3. The number of carbonyl (C=O) groups excluding carboxylic acids is 1. The number of para-hydroxylation sites is 2. The van der Waals surface area contributed by atoms with Crippen molar-refractivity contribution in [2.75, 3.05) is 19.1 Å². The van der Waals surface area contributed by atoms with E-state index < -0.39 is 0 Å². The summed E-state index contributed by atoms with van der Waals surface area (Å²) in [5.41, 5.74) is 6.35. The molecule has 150 valence electrons. The van der Waals surface area contributed by atoms with E-state index in [0.29, 0.717) is 23.5 Å². The van der Waals surface area contributed by atoms with Gasteiger partial charge in [-0.2, -0.15) is 0 Å². The quantitative estimate of drug-likeness (QED) is 0.606. The third-order valence-corrected chi connectivity index (χ3v) is 5.85. The molecule has 1 amide bonds. The molecule has 0 unspecified atom stereocenters. The molecule has 1 atom stereocenters. The van der Waals surface area contributed by atoms with Gasteiger partial charge < -0.3 is 9.47 Å². The lowest BCUT2D eigenvalue weighted by atomic mass is 9.96. The number of anilines is 1. The highest BCUT2D eigenvalue weighted by atomic mass is 16.5. The third kappa shape index (κ3) is 2.70. The number of hydrogen-bond donors (Lipinski definition) is 0. The Hall–Kier alpha value is -3.60. The summed E-state index contributed by atoms with van der Waals surface area (Å²) in [6.07, 6.45) is 0.617. The Morgan fingerprint density at radius 3 is 2.47 bits per heavy atom. The minimum Gasteiger partial charge on any atom is -0.493 e. The van der Waals surface area contributed by atoms with Crippen LogP contribution >= 0.6 is 0 Å². The van der Waals surface area contributed by atoms with E-state index in [9.17, 15) is 4.79 Å². The lowest BCUT2D eigenvalue weighted by Gasteiger charge is -2.24. The van der Waals surface area contributed by atoms with Crippen LogP contribution in [0.15, 0.2) is 65.7 Å². The van der Waals surface area contributed by atoms with Crippen molar-refractivity contribution in [2.24, 2.45) is 4.99 Å². The molecule has 2 aliphatic heterocycles. The van der Waals surface area contributed by atoms with Crippen molar-refractivity contribution >= 4 is 23.0 Å². The van der Waals surface area contributed by atoms with Gasteiger partial charge in [0.05, 0.1) is 42.9 Å². The molecule has 5 heteroatoms. The Morgan fingerprint density at radius 2 is 1.73 bits per heavy atom. The second-order valence-electron chi connectivity index (χ2n) is 7.57. The number of aliphatic imine (C=N–C) groups is 1. The summed E-state index contributed by atoms with van der Waals surface area (Å²) in [5.74, 6) is 0.959. The predicted molar refractivity (Wildman–Crippen MR) is 118 cm³/mol. The molecule has 0 aliphatic carbocycles. The van der Waals surface area contributed by atoms with Crippen molar-refractivity contribution in [3.8, 4) is 11.5 Å². The Labute approximate surface area is 175 Å². The van der Waals surface area contributed by atoms with Gasteiger partial charge in [0.15, 0.2) is 11.5 Å². The van der Waals surface area contributed by atoms with E-state index in [0.717, 1.165) is 28.2 Å². The standard InChI is InChI=1S/C25H22N2O3/c1-15-8-10-16(11-9-15)19-14-21-17-12-13-22(29-2)24(30-3)23(17)25(28)27(21)20-7-5-4-6-18(20)26-19/h4-13,21H,14H2,1-3H3/t21-/m0/s1. The first-order valence-electron chi connectivity index (χ1n) is 9.94. The largest absolute Gasteiger partial charge is 0.493 e. The lowest BCUT2D eigenvalue weighted by molar-refractivity contribution is 0.0989. The highest BCUT2D eigenvalue weighted by Crippen LogP contribution is 2.50. The van der Waals surface area contributed by atoms with Crippen LogP contribution in [0.25, 0.3) is 0 Å². The molecule has 2 heterocycles. The number of fused-ring (bicyclic) bond motifs is 5. The van der Waals surface area contributed by atoms with Crippen molar-refractivity contribution in [3.05, 3.63) is 82.9 Å². The topological polar surface area (TPSA) is 51.1 Å². The summed E-state index contributed by atoms with van der Waals surface area (Å²) in [4.78, 5) is 20.4. The zero-order chi connectivity index (χ0) is 20.8. The van der Waals surface area contributed by atoms with Crippen LogP contribution in [0.5, 0.6) is 11.5 Å². The first-order valence-corrected chi connectivity index (χ1v) is 9.94. The van der Waals surface area contributed by atoms with Gasteiger partial charge in [0.1, 0.15) is 0 Å². The van der Waals surface area contributed by atoms with Gasteiger partial charge in [-0.05, 0) is 36.2 Å². The molecule has 0 bridgehead atoms. The zero-order valence-electron chi connectivity index (χ0n) is 17.2. The van der Waals surface area contributed by atoms with Crippen molar-refractivity contribution in [2.45, 2.75) is 19.4 Å². The van der Waals surface area contributed by atoms with Crippen LogP contribution in [0.1, 0.15) is 39.5 Å². The fraction of sp³-hybridized carbons (Fsp3) is 0.200. The molecule has 0 aromatic heterocycles. The maximum absolute atomic E-state index is 13.6. The van der Waals surface area contributed by atoms with E-state index in [1.807, 2.05) is 41.3 Å². The summed E-state index contributed by atoms with van der Waals surface area (Å²) >= 11 is 0. The normalized spacial score (nSPS) is 16.9.